The van der Waals surface area contributed by atoms with E-state index in [9.17, 15) is 0 Å². The predicted octanol–water partition coefficient (Wildman–Crippen LogP) is 1.21. The van der Waals surface area contributed by atoms with Gasteiger partial charge in [-0.15, -0.1) is 0 Å². The molecule has 1 N–H and O–H groups in total. The topological polar surface area (TPSA) is 54.2 Å². The largest absolute Gasteiger partial charge is 0.338 e. The van der Waals surface area contributed by atoms with Crippen molar-refractivity contribution in [1.29, 1.82) is 0 Å². The first kappa shape index (κ1) is 12.5. The van der Waals surface area contributed by atoms with Gasteiger partial charge >= 0.3 is 0 Å². The van der Waals surface area contributed by atoms with E-state index in [0.29, 0.717) is 6.04 Å². The van der Waals surface area contributed by atoms with E-state index >= 15 is 0 Å². The van der Waals surface area contributed by atoms with Crippen LogP contribution in [0.3, 0.4) is 0 Å². The molecular formula is C12H22N4O. The molecular weight excluding hydrogens is 216 g/mol. The lowest BCUT2D eigenvalue weighted by Gasteiger charge is -2.30. The average molecular weight is 238 g/mol. The Morgan fingerprint density at radius 1 is 1.53 bits per heavy atom. The molecule has 1 atom stereocenters. The lowest BCUT2D eigenvalue weighted by atomic mass is 10.2. The summed E-state index contributed by atoms with van der Waals surface area (Å²) in [7, 11) is 0. The van der Waals surface area contributed by atoms with Crippen molar-refractivity contribution in [3.05, 3.63) is 11.7 Å². The molecule has 2 rings (SSSR count). The zero-order valence-corrected chi connectivity index (χ0v) is 10.8. The highest BCUT2D eigenvalue weighted by Gasteiger charge is 2.18. The number of hydrogen-bond donors (Lipinski definition) is 1. The molecule has 0 amide bonds. The lowest BCUT2D eigenvalue weighted by molar-refractivity contribution is 0.177. The van der Waals surface area contributed by atoms with Crippen molar-refractivity contribution in [2.45, 2.75) is 45.7 Å². The Kier molecular flexibility index (Phi) is 4.50. The minimum Gasteiger partial charge on any atom is -0.338 e. The van der Waals surface area contributed by atoms with Crippen LogP contribution in [0.5, 0.6) is 0 Å². The van der Waals surface area contributed by atoms with Crippen LogP contribution in [0.1, 0.15) is 38.4 Å². The first-order valence-corrected chi connectivity index (χ1v) is 6.55. The zero-order valence-electron chi connectivity index (χ0n) is 10.8. The molecule has 1 aromatic heterocycles. The quantitative estimate of drug-likeness (QED) is 0.835. The molecule has 5 nitrogen and oxygen atoms in total. The summed E-state index contributed by atoms with van der Waals surface area (Å²) >= 11 is 0. The third-order valence-electron chi connectivity index (χ3n) is 3.08. The summed E-state index contributed by atoms with van der Waals surface area (Å²) in [4.78, 5) is 6.79. The highest BCUT2D eigenvalue weighted by atomic mass is 16.5. The Bertz CT molecular complexity index is 339. The van der Waals surface area contributed by atoms with Gasteiger partial charge in [-0.3, -0.25) is 4.90 Å². The molecule has 96 valence electrons. The monoisotopic (exact) mass is 238 g/mol. The van der Waals surface area contributed by atoms with Crippen molar-refractivity contribution < 1.29 is 4.52 Å². The summed E-state index contributed by atoms with van der Waals surface area (Å²) in [6, 6.07) is 0.547. The van der Waals surface area contributed by atoms with E-state index in [4.69, 9.17) is 4.52 Å². The Labute approximate surface area is 103 Å². The second kappa shape index (κ2) is 6.12. The lowest BCUT2D eigenvalue weighted by Crippen LogP contribution is -2.48. The maximum Gasteiger partial charge on any atom is 0.240 e. The van der Waals surface area contributed by atoms with Gasteiger partial charge in [-0.1, -0.05) is 18.5 Å². The number of nitrogens with one attached hydrogen (secondary N) is 1. The minimum atomic E-state index is 0.547. The van der Waals surface area contributed by atoms with E-state index in [1.54, 1.807) is 0 Å². The summed E-state index contributed by atoms with van der Waals surface area (Å²) in [6.07, 6.45) is 3.22. The summed E-state index contributed by atoms with van der Waals surface area (Å²) < 4.78 is 5.28. The third kappa shape index (κ3) is 3.78. The van der Waals surface area contributed by atoms with Gasteiger partial charge < -0.3 is 9.84 Å². The smallest absolute Gasteiger partial charge is 0.240 e. The van der Waals surface area contributed by atoms with Gasteiger partial charge in [0.15, 0.2) is 5.82 Å². The van der Waals surface area contributed by atoms with Gasteiger partial charge in [-0.05, 0) is 13.3 Å². The molecule has 0 aliphatic carbocycles. The fourth-order valence-corrected chi connectivity index (χ4v) is 2.14. The van der Waals surface area contributed by atoms with Crippen LogP contribution in [0.15, 0.2) is 4.52 Å². The number of unbranched alkanes of at least 4 members (excludes halogenated alkanes) is 1. The number of aryl methyl sites for hydroxylation is 1. The summed E-state index contributed by atoms with van der Waals surface area (Å²) in [5.41, 5.74) is 0. The van der Waals surface area contributed by atoms with Crippen LogP contribution >= 0.6 is 0 Å². The highest BCUT2D eigenvalue weighted by Crippen LogP contribution is 2.07. The maximum atomic E-state index is 5.28. The van der Waals surface area contributed by atoms with E-state index in [2.05, 4.69) is 34.2 Å². The molecule has 1 fully saturated rings. The van der Waals surface area contributed by atoms with Crippen LogP contribution in [0.2, 0.25) is 0 Å². The molecule has 0 bridgehead atoms. The normalized spacial score (nSPS) is 21.9. The number of rotatable bonds is 5. The van der Waals surface area contributed by atoms with Crippen molar-refractivity contribution in [3.63, 3.8) is 0 Å². The molecule has 17 heavy (non-hydrogen) atoms. The van der Waals surface area contributed by atoms with Crippen LogP contribution in [0.4, 0.5) is 0 Å². The van der Waals surface area contributed by atoms with Gasteiger partial charge in [0.2, 0.25) is 5.89 Å². The third-order valence-corrected chi connectivity index (χ3v) is 3.08. The van der Waals surface area contributed by atoms with E-state index in [1.807, 2.05) is 0 Å². The Morgan fingerprint density at radius 2 is 2.41 bits per heavy atom. The zero-order chi connectivity index (χ0) is 12.1. The molecule has 1 saturated heterocycles. The fourth-order valence-electron chi connectivity index (χ4n) is 2.14. The van der Waals surface area contributed by atoms with Gasteiger partial charge in [0, 0.05) is 32.1 Å². The first-order chi connectivity index (χ1) is 8.28. The van der Waals surface area contributed by atoms with Crippen LogP contribution in [0, 0.1) is 0 Å². The van der Waals surface area contributed by atoms with Gasteiger partial charge in [0.1, 0.15) is 0 Å². The minimum absolute atomic E-state index is 0.547. The van der Waals surface area contributed by atoms with Crippen LogP contribution < -0.4 is 5.32 Å². The molecule has 1 aliphatic rings. The SMILES string of the molecule is CCCCc1noc(CN2CCN[C@@H](C)C2)n1. The number of aromatic nitrogens is 2. The molecule has 0 unspecified atom stereocenters. The molecule has 2 heterocycles. The van der Waals surface area contributed by atoms with Gasteiger partial charge in [-0.25, -0.2) is 0 Å². The first-order valence-electron chi connectivity index (χ1n) is 6.55. The van der Waals surface area contributed by atoms with Gasteiger partial charge in [0.05, 0.1) is 6.54 Å². The number of piperazine rings is 1. The molecule has 1 aliphatic heterocycles. The van der Waals surface area contributed by atoms with E-state index < -0.39 is 0 Å². The molecule has 0 radical (unpaired) electrons. The second-order valence-corrected chi connectivity index (χ2v) is 4.80. The molecule has 0 aromatic carbocycles. The predicted molar refractivity (Wildman–Crippen MR) is 65.7 cm³/mol. The van der Waals surface area contributed by atoms with Crippen molar-refractivity contribution in [2.75, 3.05) is 19.6 Å². The van der Waals surface area contributed by atoms with Crippen LogP contribution in [0.25, 0.3) is 0 Å². The Hall–Kier alpha value is -0.940. The van der Waals surface area contributed by atoms with E-state index in [1.165, 1.54) is 6.42 Å². The Balaban J connectivity index is 1.83. The standard InChI is InChI=1S/C12H22N4O/c1-3-4-5-11-14-12(17-15-11)9-16-7-6-13-10(2)8-16/h10,13H,3-9H2,1-2H3/t10-/m0/s1. The summed E-state index contributed by atoms with van der Waals surface area (Å²) in [5, 5.41) is 7.43. The highest BCUT2D eigenvalue weighted by molar-refractivity contribution is 4.88. The molecule has 0 saturated carbocycles. The molecule has 0 spiro atoms. The maximum absolute atomic E-state index is 5.28. The fraction of sp³-hybridized carbons (Fsp3) is 0.833. The van der Waals surface area contributed by atoms with Gasteiger partial charge in [0.25, 0.3) is 0 Å². The van der Waals surface area contributed by atoms with Crippen molar-refractivity contribution in [2.24, 2.45) is 0 Å². The van der Waals surface area contributed by atoms with Crippen molar-refractivity contribution in [3.8, 4) is 0 Å². The summed E-state index contributed by atoms with van der Waals surface area (Å²) in [6.45, 7) is 8.29. The Morgan fingerprint density at radius 3 is 3.18 bits per heavy atom. The van der Waals surface area contributed by atoms with Crippen molar-refractivity contribution in [1.82, 2.24) is 20.4 Å². The summed E-state index contributed by atoms with van der Waals surface area (Å²) in [5.74, 6) is 1.61. The van der Waals surface area contributed by atoms with Gasteiger partial charge in [-0.2, -0.15) is 4.98 Å². The molecule has 5 heteroatoms. The molecule has 1 aromatic rings. The number of hydrogen-bond acceptors (Lipinski definition) is 5. The van der Waals surface area contributed by atoms with Crippen LogP contribution in [-0.4, -0.2) is 40.7 Å². The van der Waals surface area contributed by atoms with Crippen LogP contribution in [-0.2, 0) is 13.0 Å². The van der Waals surface area contributed by atoms with E-state index in [0.717, 1.165) is 50.7 Å². The average Bonchev–Trinajstić information content (AvgIpc) is 2.74. The number of nitrogens with zero attached hydrogens (tertiary/aromatic N) is 3. The van der Waals surface area contributed by atoms with Crippen molar-refractivity contribution >= 4 is 0 Å². The van der Waals surface area contributed by atoms with E-state index in [-0.39, 0.29) is 0 Å². The second-order valence-electron chi connectivity index (χ2n) is 4.80.